The topological polar surface area (TPSA) is 12.0 Å². The lowest BCUT2D eigenvalue weighted by molar-refractivity contribution is 0.725. The first-order valence-electron chi connectivity index (χ1n) is 6.69. The average Bonchev–Trinajstić information content (AvgIpc) is 2.90. The number of thioether (sulfide) groups is 1. The molecule has 0 atom stereocenters. The fourth-order valence-electron chi connectivity index (χ4n) is 1.89. The second-order valence-corrected chi connectivity index (χ2v) is 6.87. The first-order valence-corrected chi connectivity index (χ1v) is 8.55. The van der Waals surface area contributed by atoms with Gasteiger partial charge in [-0.05, 0) is 49.9 Å². The standard InChI is InChI=1S/C16H21NS2/c1-13-5-6-14(2)16(12-13)19-11-9-17-8-7-15-4-3-10-18-15/h3-6,10,12,17H,7-9,11H2,1-2H3. The van der Waals surface area contributed by atoms with Crippen molar-refractivity contribution in [3.8, 4) is 0 Å². The molecule has 0 fully saturated rings. The van der Waals surface area contributed by atoms with Crippen LogP contribution in [0.1, 0.15) is 16.0 Å². The van der Waals surface area contributed by atoms with Crippen molar-refractivity contribution in [1.29, 1.82) is 0 Å². The highest BCUT2D eigenvalue weighted by Gasteiger charge is 1.99. The minimum atomic E-state index is 1.07. The fourth-order valence-corrected chi connectivity index (χ4v) is 3.63. The molecule has 2 rings (SSSR count). The summed E-state index contributed by atoms with van der Waals surface area (Å²) in [4.78, 5) is 2.88. The van der Waals surface area contributed by atoms with E-state index < -0.39 is 0 Å². The van der Waals surface area contributed by atoms with E-state index in [1.165, 1.54) is 20.9 Å². The Labute approximate surface area is 124 Å². The molecule has 0 spiro atoms. The van der Waals surface area contributed by atoms with Crippen LogP contribution in [0, 0.1) is 13.8 Å². The summed E-state index contributed by atoms with van der Waals surface area (Å²) in [7, 11) is 0. The average molecular weight is 291 g/mol. The summed E-state index contributed by atoms with van der Waals surface area (Å²) in [5.41, 5.74) is 2.73. The van der Waals surface area contributed by atoms with Crippen LogP contribution in [-0.4, -0.2) is 18.8 Å². The van der Waals surface area contributed by atoms with Crippen LogP contribution < -0.4 is 5.32 Å². The number of aryl methyl sites for hydroxylation is 2. The van der Waals surface area contributed by atoms with Crippen LogP contribution in [0.2, 0.25) is 0 Å². The summed E-state index contributed by atoms with van der Waals surface area (Å²) >= 11 is 3.79. The molecular weight excluding hydrogens is 270 g/mol. The number of hydrogen-bond donors (Lipinski definition) is 1. The molecule has 3 heteroatoms. The summed E-state index contributed by atoms with van der Waals surface area (Å²) < 4.78 is 0. The van der Waals surface area contributed by atoms with E-state index >= 15 is 0 Å². The Kier molecular flexibility index (Phi) is 5.95. The number of hydrogen-bond acceptors (Lipinski definition) is 3. The van der Waals surface area contributed by atoms with Gasteiger partial charge in [-0.15, -0.1) is 23.1 Å². The van der Waals surface area contributed by atoms with Crippen molar-refractivity contribution < 1.29 is 0 Å². The van der Waals surface area contributed by atoms with E-state index in [-0.39, 0.29) is 0 Å². The molecule has 19 heavy (non-hydrogen) atoms. The van der Waals surface area contributed by atoms with Crippen molar-refractivity contribution in [3.63, 3.8) is 0 Å². The van der Waals surface area contributed by atoms with E-state index in [0.29, 0.717) is 0 Å². The van der Waals surface area contributed by atoms with E-state index in [1.807, 2.05) is 23.1 Å². The molecule has 102 valence electrons. The van der Waals surface area contributed by atoms with Crippen LogP contribution >= 0.6 is 23.1 Å². The normalized spacial score (nSPS) is 10.8. The zero-order chi connectivity index (χ0) is 13.5. The molecular formula is C16H21NS2. The van der Waals surface area contributed by atoms with E-state index in [0.717, 1.165) is 25.3 Å². The minimum Gasteiger partial charge on any atom is -0.316 e. The number of nitrogens with one attached hydrogen (secondary N) is 1. The van der Waals surface area contributed by atoms with Crippen molar-refractivity contribution in [2.75, 3.05) is 18.8 Å². The molecule has 0 amide bonds. The first kappa shape index (κ1) is 14.6. The van der Waals surface area contributed by atoms with E-state index in [9.17, 15) is 0 Å². The summed E-state index contributed by atoms with van der Waals surface area (Å²) in [5.74, 6) is 1.13. The molecule has 2 aromatic rings. The maximum Gasteiger partial charge on any atom is 0.0106 e. The molecule has 1 heterocycles. The van der Waals surface area contributed by atoms with Gasteiger partial charge in [0.25, 0.3) is 0 Å². The monoisotopic (exact) mass is 291 g/mol. The van der Waals surface area contributed by atoms with Gasteiger partial charge in [0.1, 0.15) is 0 Å². The number of rotatable bonds is 7. The molecule has 0 aliphatic rings. The van der Waals surface area contributed by atoms with E-state index in [2.05, 4.69) is 54.9 Å². The van der Waals surface area contributed by atoms with Crippen LogP contribution in [0.4, 0.5) is 0 Å². The van der Waals surface area contributed by atoms with Crippen LogP contribution in [0.25, 0.3) is 0 Å². The maximum absolute atomic E-state index is 3.51. The highest BCUT2D eigenvalue weighted by atomic mass is 32.2. The third kappa shape index (κ3) is 5.01. The zero-order valence-electron chi connectivity index (χ0n) is 11.6. The predicted molar refractivity (Wildman–Crippen MR) is 87.5 cm³/mol. The second kappa shape index (κ2) is 7.73. The van der Waals surface area contributed by atoms with Crippen molar-refractivity contribution in [2.24, 2.45) is 0 Å². The Hall–Kier alpha value is -0.770. The van der Waals surface area contributed by atoms with E-state index in [4.69, 9.17) is 0 Å². The molecule has 1 nitrogen and oxygen atoms in total. The van der Waals surface area contributed by atoms with Crippen LogP contribution in [-0.2, 0) is 6.42 Å². The van der Waals surface area contributed by atoms with Gasteiger partial charge in [-0.2, -0.15) is 0 Å². The highest BCUT2D eigenvalue weighted by Crippen LogP contribution is 2.22. The molecule has 0 aliphatic carbocycles. The lowest BCUT2D eigenvalue weighted by Crippen LogP contribution is -2.19. The first-order chi connectivity index (χ1) is 9.25. The summed E-state index contributed by atoms with van der Waals surface area (Å²) in [5, 5.41) is 5.66. The van der Waals surface area contributed by atoms with Crippen LogP contribution in [0.5, 0.6) is 0 Å². The third-order valence-corrected chi connectivity index (χ3v) is 5.10. The molecule has 0 bridgehead atoms. The van der Waals surface area contributed by atoms with Crippen molar-refractivity contribution in [1.82, 2.24) is 5.32 Å². The summed E-state index contributed by atoms with van der Waals surface area (Å²) in [6, 6.07) is 11.0. The number of thiophene rings is 1. The van der Waals surface area contributed by atoms with Gasteiger partial charge in [-0.3, -0.25) is 0 Å². The second-order valence-electron chi connectivity index (χ2n) is 4.70. The van der Waals surface area contributed by atoms with Crippen LogP contribution in [0.15, 0.2) is 40.6 Å². The van der Waals surface area contributed by atoms with Crippen molar-refractivity contribution in [3.05, 3.63) is 51.7 Å². The van der Waals surface area contributed by atoms with Gasteiger partial charge in [0.2, 0.25) is 0 Å². The molecule has 0 unspecified atom stereocenters. The van der Waals surface area contributed by atoms with Gasteiger partial charge in [-0.1, -0.05) is 23.8 Å². The zero-order valence-corrected chi connectivity index (χ0v) is 13.2. The Morgan fingerprint density at radius 2 is 2.05 bits per heavy atom. The fraction of sp³-hybridized carbons (Fsp3) is 0.375. The van der Waals surface area contributed by atoms with Crippen molar-refractivity contribution >= 4 is 23.1 Å². The van der Waals surface area contributed by atoms with Gasteiger partial charge in [-0.25, -0.2) is 0 Å². The Bertz CT molecular complexity index is 491. The molecule has 1 N–H and O–H groups in total. The molecule has 1 aromatic heterocycles. The lowest BCUT2D eigenvalue weighted by Gasteiger charge is -2.07. The van der Waals surface area contributed by atoms with Crippen LogP contribution in [0.3, 0.4) is 0 Å². The Morgan fingerprint density at radius 1 is 1.16 bits per heavy atom. The van der Waals surface area contributed by atoms with Gasteiger partial charge >= 0.3 is 0 Å². The largest absolute Gasteiger partial charge is 0.316 e. The quantitative estimate of drug-likeness (QED) is 0.603. The van der Waals surface area contributed by atoms with Gasteiger partial charge in [0.05, 0.1) is 0 Å². The molecule has 0 aliphatic heterocycles. The number of benzene rings is 1. The molecule has 0 saturated carbocycles. The lowest BCUT2D eigenvalue weighted by atomic mass is 10.2. The maximum atomic E-state index is 3.51. The summed E-state index contributed by atoms with van der Waals surface area (Å²) in [6.45, 7) is 6.49. The Morgan fingerprint density at radius 3 is 2.84 bits per heavy atom. The molecule has 1 aromatic carbocycles. The smallest absolute Gasteiger partial charge is 0.0106 e. The minimum absolute atomic E-state index is 1.07. The van der Waals surface area contributed by atoms with Gasteiger partial charge in [0, 0.05) is 22.1 Å². The van der Waals surface area contributed by atoms with Crippen molar-refractivity contribution in [2.45, 2.75) is 25.2 Å². The predicted octanol–water partition coefficient (Wildman–Crippen LogP) is 4.29. The van der Waals surface area contributed by atoms with E-state index in [1.54, 1.807) is 0 Å². The van der Waals surface area contributed by atoms with Gasteiger partial charge in [0.15, 0.2) is 0 Å². The molecule has 0 radical (unpaired) electrons. The summed E-state index contributed by atoms with van der Waals surface area (Å²) in [6.07, 6.45) is 1.14. The SMILES string of the molecule is Cc1ccc(C)c(SCCNCCc2cccs2)c1. The third-order valence-electron chi connectivity index (χ3n) is 3.01. The van der Waals surface area contributed by atoms with Gasteiger partial charge < -0.3 is 5.32 Å². The Balaban J connectivity index is 1.62. The molecule has 0 saturated heterocycles. The highest BCUT2D eigenvalue weighted by molar-refractivity contribution is 7.99.